The van der Waals surface area contributed by atoms with Crippen molar-refractivity contribution in [2.45, 2.75) is 29.3 Å². The molecule has 0 amide bonds. The number of carbonyl (C=O) groups excluding carboxylic acids is 1. The molecule has 2 aromatic carbocycles. The fourth-order valence-corrected chi connectivity index (χ4v) is 7.27. The lowest BCUT2D eigenvalue weighted by Gasteiger charge is -2.17. The number of carbonyl (C=O) groups is 1. The summed E-state index contributed by atoms with van der Waals surface area (Å²) in [7, 11) is -3.07. The zero-order valence-corrected chi connectivity index (χ0v) is 20.1. The highest BCUT2D eigenvalue weighted by atomic mass is 32.2. The smallest absolute Gasteiger partial charge is 0.192 e. The molecule has 1 saturated heterocycles. The quantitative estimate of drug-likeness (QED) is 0.220. The Kier molecular flexibility index (Phi) is 6.14. The zero-order chi connectivity index (χ0) is 23.7. The predicted octanol–water partition coefficient (Wildman–Crippen LogP) is 4.56. The Morgan fingerprint density at radius 2 is 1.94 bits per heavy atom. The molecule has 0 unspecified atom stereocenters. The van der Waals surface area contributed by atoms with Gasteiger partial charge in [-0.25, -0.2) is 8.42 Å². The summed E-state index contributed by atoms with van der Waals surface area (Å²) < 4.78 is 26.0. The maximum Gasteiger partial charge on any atom is 0.192 e. The summed E-state index contributed by atoms with van der Waals surface area (Å²) in [5, 5.41) is 9.65. The van der Waals surface area contributed by atoms with E-state index in [1.807, 2.05) is 59.2 Å². The van der Waals surface area contributed by atoms with Gasteiger partial charge in [-0.15, -0.1) is 16.8 Å². The van der Waals surface area contributed by atoms with Crippen LogP contribution in [0.3, 0.4) is 0 Å². The number of H-pyrrole nitrogens is 1. The number of nitrogens with zero attached hydrogens (tertiary/aromatic N) is 3. The van der Waals surface area contributed by atoms with Crippen LogP contribution in [-0.2, 0) is 16.4 Å². The number of fused-ring (bicyclic) bond motifs is 1. The number of benzene rings is 2. The second kappa shape index (κ2) is 9.23. The van der Waals surface area contributed by atoms with Crippen LogP contribution in [0.4, 0.5) is 0 Å². The first kappa shape index (κ1) is 22.6. The molecule has 0 bridgehead atoms. The highest BCUT2D eigenvalue weighted by molar-refractivity contribution is 8.00. The molecular weight excluding hydrogens is 468 g/mol. The molecule has 174 valence electrons. The van der Waals surface area contributed by atoms with Crippen molar-refractivity contribution in [2.75, 3.05) is 11.5 Å². The monoisotopic (exact) mass is 492 g/mol. The number of allylic oxidation sites excluding steroid dienone is 1. The molecule has 4 aromatic rings. The highest BCUT2D eigenvalue weighted by Gasteiger charge is 2.34. The fourth-order valence-electron chi connectivity index (χ4n) is 4.41. The molecule has 1 fully saturated rings. The molecule has 2 aromatic heterocycles. The number of hydrogen-bond donors (Lipinski definition) is 1. The van der Waals surface area contributed by atoms with Crippen LogP contribution < -0.4 is 0 Å². The first-order valence-corrected chi connectivity index (χ1v) is 13.7. The lowest BCUT2D eigenvalue weighted by atomic mass is 10.0. The van der Waals surface area contributed by atoms with Crippen molar-refractivity contribution < 1.29 is 13.2 Å². The Balaban J connectivity index is 1.54. The molecule has 0 radical (unpaired) electrons. The third kappa shape index (κ3) is 4.33. The number of nitrogens with one attached hydrogen (secondary N) is 1. The standard InChI is InChI=1S/C25H24N4O3S2/c1-2-13-29-24(18-12-14-34(31,32)16-18)27-28-25(29)33-23(17-8-4-3-5-9-17)22(30)20-15-26-21-11-7-6-10-19(20)21/h2-11,15,18,23,26H,1,12-14,16H2/t18-,23+/m0/s1. The van der Waals surface area contributed by atoms with Crippen LogP contribution >= 0.6 is 11.8 Å². The first-order valence-electron chi connectivity index (χ1n) is 11.0. The van der Waals surface area contributed by atoms with Crippen molar-refractivity contribution in [1.82, 2.24) is 19.7 Å². The third-order valence-corrected chi connectivity index (χ3v) is 9.08. The lowest BCUT2D eigenvalue weighted by molar-refractivity contribution is 0.0991. The minimum atomic E-state index is -3.07. The van der Waals surface area contributed by atoms with Crippen LogP contribution in [0.2, 0.25) is 0 Å². The number of para-hydroxylation sites is 1. The summed E-state index contributed by atoms with van der Waals surface area (Å²) in [6.07, 6.45) is 4.02. The first-order chi connectivity index (χ1) is 16.5. The van der Waals surface area contributed by atoms with Crippen molar-refractivity contribution in [3.8, 4) is 0 Å². The molecule has 34 heavy (non-hydrogen) atoms. The molecule has 1 N–H and O–H groups in total. The van der Waals surface area contributed by atoms with Gasteiger partial charge in [0.15, 0.2) is 20.8 Å². The van der Waals surface area contributed by atoms with Crippen LogP contribution in [0.1, 0.15) is 39.3 Å². The second-order valence-electron chi connectivity index (χ2n) is 8.36. The third-order valence-electron chi connectivity index (χ3n) is 6.07. The Morgan fingerprint density at radius 1 is 1.18 bits per heavy atom. The molecule has 7 nitrogen and oxygen atoms in total. The summed E-state index contributed by atoms with van der Waals surface area (Å²) in [6.45, 7) is 4.28. The van der Waals surface area contributed by atoms with E-state index in [1.54, 1.807) is 12.3 Å². The molecule has 0 spiro atoms. The van der Waals surface area contributed by atoms with E-state index < -0.39 is 15.1 Å². The van der Waals surface area contributed by atoms with Gasteiger partial charge in [0.25, 0.3) is 0 Å². The number of sulfone groups is 1. The Morgan fingerprint density at radius 3 is 2.68 bits per heavy atom. The Bertz CT molecular complexity index is 1460. The summed E-state index contributed by atoms with van der Waals surface area (Å²) in [6, 6.07) is 17.3. The summed E-state index contributed by atoms with van der Waals surface area (Å²) >= 11 is 1.33. The SMILES string of the molecule is C=CCn1c(S[C@@H](C(=O)c2c[nH]c3ccccc23)c2ccccc2)nnc1[C@H]1CCS(=O)(=O)C1. The second-order valence-corrected chi connectivity index (χ2v) is 11.7. The number of rotatable bonds is 8. The number of hydrogen-bond acceptors (Lipinski definition) is 6. The van der Waals surface area contributed by atoms with E-state index >= 15 is 0 Å². The Hall–Kier alpha value is -3.17. The van der Waals surface area contributed by atoms with E-state index in [-0.39, 0.29) is 23.2 Å². The van der Waals surface area contributed by atoms with E-state index in [9.17, 15) is 13.2 Å². The summed E-state index contributed by atoms with van der Waals surface area (Å²) in [5.41, 5.74) is 2.39. The van der Waals surface area contributed by atoms with Gasteiger partial charge < -0.3 is 9.55 Å². The number of ketones is 1. The lowest BCUT2D eigenvalue weighted by Crippen LogP contribution is -2.13. The normalized spacial score (nSPS) is 18.2. The van der Waals surface area contributed by atoms with Crippen molar-refractivity contribution in [3.05, 3.63) is 90.4 Å². The maximum absolute atomic E-state index is 13.8. The molecule has 0 aliphatic carbocycles. The van der Waals surface area contributed by atoms with Gasteiger partial charge >= 0.3 is 0 Å². The van der Waals surface area contributed by atoms with Crippen molar-refractivity contribution >= 4 is 38.3 Å². The van der Waals surface area contributed by atoms with Gasteiger partial charge in [-0.1, -0.05) is 66.4 Å². The summed E-state index contributed by atoms with van der Waals surface area (Å²) in [5.74, 6) is 0.628. The minimum Gasteiger partial charge on any atom is -0.360 e. The number of aromatic amines is 1. The topological polar surface area (TPSA) is 97.7 Å². The minimum absolute atomic E-state index is 0.0354. The molecule has 1 aliphatic heterocycles. The van der Waals surface area contributed by atoms with Crippen LogP contribution in [0.5, 0.6) is 0 Å². The number of thioether (sulfide) groups is 1. The van der Waals surface area contributed by atoms with Gasteiger partial charge in [0.2, 0.25) is 0 Å². The fraction of sp³-hybridized carbons (Fsp3) is 0.240. The zero-order valence-electron chi connectivity index (χ0n) is 18.4. The van der Waals surface area contributed by atoms with E-state index in [0.717, 1.165) is 16.5 Å². The van der Waals surface area contributed by atoms with E-state index in [4.69, 9.17) is 0 Å². The average Bonchev–Trinajstić information content (AvgIpc) is 3.54. The molecular formula is C25H24N4O3S2. The van der Waals surface area contributed by atoms with Gasteiger partial charge in [-0.2, -0.15) is 0 Å². The van der Waals surface area contributed by atoms with Crippen molar-refractivity contribution in [2.24, 2.45) is 0 Å². The summed E-state index contributed by atoms with van der Waals surface area (Å²) in [4.78, 5) is 17.0. The van der Waals surface area contributed by atoms with Crippen molar-refractivity contribution in [3.63, 3.8) is 0 Å². The van der Waals surface area contributed by atoms with Crippen molar-refractivity contribution in [1.29, 1.82) is 0 Å². The van der Waals surface area contributed by atoms with Crippen LogP contribution in [-0.4, -0.2) is 45.5 Å². The van der Waals surface area contributed by atoms with Crippen LogP contribution in [0.15, 0.2) is 78.6 Å². The predicted molar refractivity (Wildman–Crippen MR) is 134 cm³/mol. The number of aromatic nitrogens is 4. The molecule has 3 heterocycles. The van der Waals surface area contributed by atoms with E-state index in [1.165, 1.54) is 11.8 Å². The van der Waals surface area contributed by atoms with Gasteiger partial charge in [-0.05, 0) is 18.1 Å². The van der Waals surface area contributed by atoms with Gasteiger partial charge in [-0.3, -0.25) is 4.79 Å². The maximum atomic E-state index is 13.8. The van der Waals surface area contributed by atoms with E-state index in [0.29, 0.717) is 29.5 Å². The van der Waals surface area contributed by atoms with E-state index in [2.05, 4.69) is 21.8 Å². The number of Topliss-reactive ketones (excluding diaryl/α,β-unsaturated/α-hetero) is 1. The molecule has 0 saturated carbocycles. The Labute approximate surface area is 202 Å². The van der Waals surface area contributed by atoms with Crippen LogP contribution in [0, 0.1) is 0 Å². The largest absolute Gasteiger partial charge is 0.360 e. The highest BCUT2D eigenvalue weighted by Crippen LogP contribution is 2.40. The van der Waals surface area contributed by atoms with Gasteiger partial charge in [0, 0.05) is 35.1 Å². The molecule has 1 aliphatic rings. The molecule has 5 rings (SSSR count). The van der Waals surface area contributed by atoms with Gasteiger partial charge in [0.05, 0.1) is 11.5 Å². The average molecular weight is 493 g/mol. The molecule has 2 atom stereocenters. The van der Waals surface area contributed by atoms with Gasteiger partial charge in [0.1, 0.15) is 11.1 Å². The van der Waals surface area contributed by atoms with Crippen LogP contribution in [0.25, 0.3) is 10.9 Å². The molecule has 9 heteroatoms.